The normalized spacial score (nSPS) is 14.1. The van der Waals surface area contributed by atoms with Gasteiger partial charge in [0.05, 0.1) is 0 Å². The number of nitrogens with zero attached hydrogens (tertiary/aromatic N) is 5. The van der Waals surface area contributed by atoms with E-state index in [1.54, 1.807) is 6.07 Å². The maximum Gasteiger partial charge on any atom is 0.226 e. The van der Waals surface area contributed by atoms with E-state index in [1.807, 2.05) is 41.0 Å². The molecular formula is C20H22ClN5O. The molecule has 2 aromatic rings. The molecule has 2 heterocycles. The molecule has 1 aromatic carbocycles. The Morgan fingerprint density at radius 3 is 2.67 bits per heavy atom. The van der Waals surface area contributed by atoms with E-state index in [2.05, 4.69) is 16.0 Å². The lowest BCUT2D eigenvalue weighted by atomic mass is 10.1. The van der Waals surface area contributed by atoms with Crippen molar-refractivity contribution in [1.29, 1.82) is 5.26 Å². The van der Waals surface area contributed by atoms with Crippen LogP contribution in [0.15, 0.2) is 30.3 Å². The number of nitriles is 1. The minimum absolute atomic E-state index is 0.171. The van der Waals surface area contributed by atoms with E-state index >= 15 is 0 Å². The highest BCUT2D eigenvalue weighted by Crippen LogP contribution is 2.18. The van der Waals surface area contributed by atoms with E-state index in [1.165, 1.54) is 0 Å². The van der Waals surface area contributed by atoms with Gasteiger partial charge in [-0.25, -0.2) is 9.97 Å². The maximum atomic E-state index is 12.5. The van der Waals surface area contributed by atoms with Gasteiger partial charge in [-0.3, -0.25) is 4.79 Å². The number of carbonyl (C=O) groups is 1. The second-order valence-corrected chi connectivity index (χ2v) is 7.03. The van der Waals surface area contributed by atoms with Crippen molar-refractivity contribution in [3.8, 4) is 6.07 Å². The van der Waals surface area contributed by atoms with Gasteiger partial charge in [0.1, 0.15) is 11.8 Å². The Morgan fingerprint density at radius 2 is 1.96 bits per heavy atom. The second-order valence-electron chi connectivity index (χ2n) is 6.62. The fourth-order valence-corrected chi connectivity index (χ4v) is 3.43. The predicted octanol–water partition coefficient (Wildman–Crippen LogP) is 2.98. The highest BCUT2D eigenvalue weighted by molar-refractivity contribution is 6.31. The van der Waals surface area contributed by atoms with Gasteiger partial charge >= 0.3 is 0 Å². The number of piperazine rings is 1. The fraction of sp³-hybridized carbons (Fsp3) is 0.400. The van der Waals surface area contributed by atoms with E-state index in [4.69, 9.17) is 16.9 Å². The van der Waals surface area contributed by atoms with Crippen LogP contribution in [0.1, 0.15) is 29.8 Å². The standard InChI is InChI=1S/C20H22ClN5O/c1-15-13-17(14-22)24-20(23-15)26-11-9-25(10-12-26)19(27)8-4-6-16-5-2-3-7-18(16)21/h2-3,5,7,13H,4,6,8-12H2,1H3. The van der Waals surface area contributed by atoms with E-state index in [9.17, 15) is 4.79 Å². The van der Waals surface area contributed by atoms with Crippen LogP contribution in [0.3, 0.4) is 0 Å². The molecule has 6 nitrogen and oxygen atoms in total. The zero-order chi connectivity index (χ0) is 19.2. The minimum atomic E-state index is 0.171. The van der Waals surface area contributed by atoms with E-state index in [0.29, 0.717) is 44.2 Å². The molecule has 0 radical (unpaired) electrons. The average molecular weight is 384 g/mol. The summed E-state index contributed by atoms with van der Waals surface area (Å²) in [5.41, 5.74) is 2.23. The largest absolute Gasteiger partial charge is 0.339 e. The van der Waals surface area contributed by atoms with Crippen molar-refractivity contribution in [1.82, 2.24) is 14.9 Å². The van der Waals surface area contributed by atoms with Gasteiger partial charge in [0, 0.05) is 43.3 Å². The zero-order valence-electron chi connectivity index (χ0n) is 15.4. The van der Waals surface area contributed by atoms with Gasteiger partial charge in [-0.05, 0) is 37.5 Å². The Kier molecular flexibility index (Phi) is 6.25. The topological polar surface area (TPSA) is 73.1 Å². The summed E-state index contributed by atoms with van der Waals surface area (Å²) in [4.78, 5) is 25.1. The Bertz CT molecular complexity index is 856. The smallest absolute Gasteiger partial charge is 0.226 e. The van der Waals surface area contributed by atoms with Gasteiger partial charge in [0.2, 0.25) is 11.9 Å². The molecule has 1 saturated heterocycles. The summed E-state index contributed by atoms with van der Waals surface area (Å²) in [6, 6.07) is 11.5. The summed E-state index contributed by atoms with van der Waals surface area (Å²) in [6.45, 7) is 4.48. The van der Waals surface area contributed by atoms with Gasteiger partial charge in [-0.1, -0.05) is 29.8 Å². The van der Waals surface area contributed by atoms with Crippen molar-refractivity contribution in [2.75, 3.05) is 31.1 Å². The Balaban J connectivity index is 1.49. The summed E-state index contributed by atoms with van der Waals surface area (Å²) in [5.74, 6) is 0.738. The van der Waals surface area contributed by atoms with Crippen LogP contribution in [-0.2, 0) is 11.2 Å². The molecule has 0 bridgehead atoms. The van der Waals surface area contributed by atoms with Crippen molar-refractivity contribution in [2.45, 2.75) is 26.2 Å². The van der Waals surface area contributed by atoms with Crippen LogP contribution < -0.4 is 4.90 Å². The third-order valence-electron chi connectivity index (χ3n) is 4.67. The lowest BCUT2D eigenvalue weighted by Crippen LogP contribution is -2.49. The number of rotatable bonds is 5. The number of amides is 1. The molecule has 0 aliphatic carbocycles. The molecule has 7 heteroatoms. The third-order valence-corrected chi connectivity index (χ3v) is 5.04. The van der Waals surface area contributed by atoms with Crippen molar-refractivity contribution in [2.24, 2.45) is 0 Å². The monoisotopic (exact) mass is 383 g/mol. The number of hydrogen-bond acceptors (Lipinski definition) is 5. The van der Waals surface area contributed by atoms with Crippen molar-refractivity contribution in [3.05, 3.63) is 52.3 Å². The van der Waals surface area contributed by atoms with Crippen LogP contribution in [0, 0.1) is 18.3 Å². The molecule has 3 rings (SSSR count). The summed E-state index contributed by atoms with van der Waals surface area (Å²) in [7, 11) is 0. The van der Waals surface area contributed by atoms with Crippen molar-refractivity contribution < 1.29 is 4.79 Å². The molecule has 1 aliphatic rings. The maximum absolute atomic E-state index is 12.5. The van der Waals surface area contributed by atoms with Crippen LogP contribution in [0.2, 0.25) is 5.02 Å². The summed E-state index contributed by atoms with van der Waals surface area (Å²) in [5, 5.41) is 9.82. The molecule has 0 unspecified atom stereocenters. The highest BCUT2D eigenvalue weighted by atomic mass is 35.5. The molecular weight excluding hydrogens is 362 g/mol. The first kappa shape index (κ1) is 19.1. The SMILES string of the molecule is Cc1cc(C#N)nc(N2CCN(C(=O)CCCc3ccccc3Cl)CC2)n1. The van der Waals surface area contributed by atoms with Gasteiger partial charge in [-0.15, -0.1) is 0 Å². The molecule has 140 valence electrons. The number of anilines is 1. The van der Waals surface area contributed by atoms with Crippen molar-refractivity contribution >= 4 is 23.5 Å². The molecule has 0 N–H and O–H groups in total. The number of carbonyl (C=O) groups excluding carboxylic acids is 1. The first-order chi connectivity index (χ1) is 13.1. The zero-order valence-corrected chi connectivity index (χ0v) is 16.1. The summed E-state index contributed by atoms with van der Waals surface area (Å²) >= 11 is 6.16. The lowest BCUT2D eigenvalue weighted by molar-refractivity contribution is -0.131. The number of benzene rings is 1. The van der Waals surface area contributed by atoms with Gasteiger partial charge < -0.3 is 9.80 Å². The third kappa shape index (κ3) is 4.95. The van der Waals surface area contributed by atoms with Crippen LogP contribution >= 0.6 is 11.6 Å². The predicted molar refractivity (Wildman–Crippen MR) is 105 cm³/mol. The Morgan fingerprint density at radius 1 is 1.22 bits per heavy atom. The minimum Gasteiger partial charge on any atom is -0.339 e. The molecule has 0 saturated carbocycles. The van der Waals surface area contributed by atoms with Gasteiger partial charge in [0.25, 0.3) is 0 Å². The first-order valence-corrected chi connectivity index (χ1v) is 9.46. The molecule has 1 amide bonds. The molecule has 27 heavy (non-hydrogen) atoms. The average Bonchev–Trinajstić information content (AvgIpc) is 2.69. The number of hydrogen-bond donors (Lipinski definition) is 0. The van der Waals surface area contributed by atoms with E-state index in [0.717, 1.165) is 29.1 Å². The molecule has 1 aromatic heterocycles. The Hall–Kier alpha value is -2.65. The number of aryl methyl sites for hydroxylation is 2. The summed E-state index contributed by atoms with van der Waals surface area (Å²) < 4.78 is 0. The quantitative estimate of drug-likeness (QED) is 0.793. The summed E-state index contributed by atoms with van der Waals surface area (Å²) in [6.07, 6.45) is 2.11. The fourth-order valence-electron chi connectivity index (χ4n) is 3.20. The van der Waals surface area contributed by atoms with Crippen LogP contribution in [0.25, 0.3) is 0 Å². The van der Waals surface area contributed by atoms with Crippen molar-refractivity contribution in [3.63, 3.8) is 0 Å². The van der Waals surface area contributed by atoms with Crippen LogP contribution in [0.5, 0.6) is 0 Å². The van der Waals surface area contributed by atoms with Gasteiger partial charge in [-0.2, -0.15) is 5.26 Å². The molecule has 1 aliphatic heterocycles. The Labute approximate surface area is 164 Å². The number of halogens is 1. The molecule has 0 atom stereocenters. The van der Waals surface area contributed by atoms with Crippen LogP contribution in [0.4, 0.5) is 5.95 Å². The highest BCUT2D eigenvalue weighted by Gasteiger charge is 2.22. The van der Waals surface area contributed by atoms with Gasteiger partial charge in [0.15, 0.2) is 0 Å². The molecule has 0 spiro atoms. The first-order valence-electron chi connectivity index (χ1n) is 9.09. The van der Waals surface area contributed by atoms with E-state index < -0.39 is 0 Å². The number of aromatic nitrogens is 2. The van der Waals surface area contributed by atoms with E-state index in [-0.39, 0.29) is 5.91 Å². The molecule has 1 fully saturated rings. The lowest BCUT2D eigenvalue weighted by Gasteiger charge is -2.35. The second kappa shape index (κ2) is 8.83. The van der Waals surface area contributed by atoms with Crippen LogP contribution in [-0.4, -0.2) is 47.0 Å².